The SMILES string of the molecule is COc1cc([C@H](O)[C@@H](O)[C@@H]2NC(=O)[C@@H]3C[C@@H](O)CN3C(=O)[C@H]([C@@H](C)O)NC(=O)[C@@H](N)C[C@@H](O)[C@@H](O)NC(=O)[C@@H]3[C@@H](O)[C@@H](C)CN3C(=O)[C@H]([C@H](O)CC(N)=O)CC2=O)ccc1O. The first-order valence-electron chi connectivity index (χ1n) is 19.4. The standard InChI is InChI=1S/C37H55N7O17/c1-13-11-44-28(29(13)52)35(58)42-34(57)23(50)9-18(38)32(55)40-26(14(2)45)37(60)43-12-16(46)7-19(43)33(56)41-27(22(49)8-17(36(44)59)21(48)10-25(39)51)31(54)30(53)15-4-5-20(47)24(6-15)61-3/h4-6,13-14,16-19,21,23,26-31,34,45-48,50,52-54,57H,7-12,38H2,1-3H3,(H2,39,51)(H,40,55)(H,41,56)(H,42,58)/t13-,14+,16+,17-,18-,19-,21+,23+,26-,27+,28-,29-,30-,31-,34+/m0/s1. The van der Waals surface area contributed by atoms with Crippen molar-refractivity contribution < 1.29 is 84.3 Å². The van der Waals surface area contributed by atoms with E-state index in [0.717, 1.165) is 34.9 Å². The quantitative estimate of drug-likeness (QED) is 0.115. The number of benzene rings is 1. The third-order valence-corrected chi connectivity index (χ3v) is 11.1. The molecule has 0 aliphatic carbocycles. The average Bonchev–Trinajstić information content (AvgIpc) is 3.74. The second kappa shape index (κ2) is 20.2. The number of Topliss-reactive ketones (excluding diaryl/α,β-unsaturated/α-hetero) is 1. The zero-order chi connectivity index (χ0) is 45.8. The van der Waals surface area contributed by atoms with E-state index >= 15 is 0 Å². The number of methoxy groups -OCH3 is 1. The van der Waals surface area contributed by atoms with Gasteiger partial charge in [-0.1, -0.05) is 13.0 Å². The Morgan fingerprint density at radius 1 is 0.885 bits per heavy atom. The fourth-order valence-electron chi connectivity index (χ4n) is 7.66. The van der Waals surface area contributed by atoms with Gasteiger partial charge in [-0.3, -0.25) is 33.6 Å². The number of aliphatic hydroxyl groups excluding tert-OH is 8. The van der Waals surface area contributed by atoms with E-state index in [4.69, 9.17) is 16.2 Å². The van der Waals surface area contributed by atoms with E-state index in [1.807, 2.05) is 5.32 Å². The van der Waals surface area contributed by atoms with Crippen LogP contribution >= 0.6 is 0 Å². The monoisotopic (exact) mass is 869 g/mol. The third kappa shape index (κ3) is 11.1. The van der Waals surface area contributed by atoms with Crippen molar-refractivity contribution in [1.82, 2.24) is 25.8 Å². The number of ketones is 1. The minimum Gasteiger partial charge on any atom is -0.504 e. The van der Waals surface area contributed by atoms with Crippen LogP contribution in [0.2, 0.25) is 0 Å². The van der Waals surface area contributed by atoms with E-state index in [9.17, 15) is 79.5 Å². The number of nitrogens with zero attached hydrogens (tertiary/aromatic N) is 2. The molecule has 24 nitrogen and oxygen atoms in total. The summed E-state index contributed by atoms with van der Waals surface area (Å²) in [6.45, 7) is 1.57. The topological polar surface area (TPSA) is 405 Å². The minimum atomic E-state index is -2.34. The van der Waals surface area contributed by atoms with Crippen LogP contribution in [0.5, 0.6) is 11.5 Å². The molecule has 3 aliphatic heterocycles. The number of primary amides is 1. The first-order valence-corrected chi connectivity index (χ1v) is 19.4. The summed E-state index contributed by atoms with van der Waals surface area (Å²) in [6.07, 6.45) is -18.8. The van der Waals surface area contributed by atoms with Gasteiger partial charge in [-0.15, -0.1) is 0 Å². The van der Waals surface area contributed by atoms with E-state index in [1.54, 1.807) is 0 Å². The summed E-state index contributed by atoms with van der Waals surface area (Å²) >= 11 is 0. The molecule has 340 valence electrons. The van der Waals surface area contributed by atoms with Gasteiger partial charge < -0.3 is 87.9 Å². The number of aromatic hydroxyl groups is 1. The summed E-state index contributed by atoms with van der Waals surface area (Å²) in [4.78, 5) is 97.0. The Morgan fingerprint density at radius 3 is 2.13 bits per heavy atom. The summed E-state index contributed by atoms with van der Waals surface area (Å²) < 4.78 is 5.06. The van der Waals surface area contributed by atoms with Crippen molar-refractivity contribution in [3.63, 3.8) is 0 Å². The zero-order valence-corrected chi connectivity index (χ0v) is 33.5. The first kappa shape index (κ1) is 48.6. The average molecular weight is 870 g/mol. The lowest BCUT2D eigenvalue weighted by atomic mass is 9.86. The van der Waals surface area contributed by atoms with Crippen molar-refractivity contribution in [3.8, 4) is 11.5 Å². The third-order valence-electron chi connectivity index (χ3n) is 11.1. The molecule has 1 aromatic carbocycles. The maximum absolute atomic E-state index is 14.4. The number of carbonyl (C=O) groups is 7. The van der Waals surface area contributed by atoms with Gasteiger partial charge in [0.2, 0.25) is 35.4 Å². The smallest absolute Gasteiger partial charge is 0.248 e. The molecule has 0 radical (unpaired) electrons. The number of carbonyl (C=O) groups excluding carboxylic acids is 7. The van der Waals surface area contributed by atoms with Gasteiger partial charge >= 0.3 is 0 Å². The highest BCUT2D eigenvalue weighted by molar-refractivity contribution is 5.98. The number of aliphatic hydroxyl groups is 8. The number of rotatable bonds is 8. The maximum Gasteiger partial charge on any atom is 0.248 e. The van der Waals surface area contributed by atoms with Crippen molar-refractivity contribution in [3.05, 3.63) is 23.8 Å². The van der Waals surface area contributed by atoms with Crippen LogP contribution in [0.1, 0.15) is 51.2 Å². The Bertz CT molecular complexity index is 1820. The van der Waals surface area contributed by atoms with Crippen LogP contribution in [-0.4, -0.2) is 190 Å². The first-order chi connectivity index (χ1) is 28.5. The normalized spacial score (nSPS) is 33.3. The molecule has 24 heteroatoms. The number of hydrogen-bond donors (Lipinski definition) is 14. The van der Waals surface area contributed by atoms with E-state index in [0.29, 0.717) is 0 Å². The second-order valence-corrected chi connectivity index (χ2v) is 15.8. The number of hydrogen-bond acceptors (Lipinski definition) is 18. The number of nitrogens with two attached hydrogens (primary N) is 2. The minimum absolute atomic E-state index is 0.170. The summed E-state index contributed by atoms with van der Waals surface area (Å²) in [5.41, 5.74) is 11.1. The van der Waals surface area contributed by atoms with Crippen molar-refractivity contribution in [2.45, 2.75) is 119 Å². The Labute approximate surface area is 348 Å². The largest absolute Gasteiger partial charge is 0.504 e. The molecular weight excluding hydrogens is 814 g/mol. The van der Waals surface area contributed by atoms with Crippen molar-refractivity contribution >= 4 is 41.2 Å². The molecule has 6 amide bonds. The second-order valence-electron chi connectivity index (χ2n) is 15.8. The highest BCUT2D eigenvalue weighted by atomic mass is 16.5. The van der Waals surface area contributed by atoms with Crippen LogP contribution in [0.4, 0.5) is 0 Å². The molecule has 0 spiro atoms. The molecule has 3 heterocycles. The Morgan fingerprint density at radius 2 is 1.52 bits per heavy atom. The molecule has 0 bridgehead atoms. The summed E-state index contributed by atoms with van der Waals surface area (Å²) in [6, 6.07) is -6.04. The van der Waals surface area contributed by atoms with Gasteiger partial charge in [0.05, 0.1) is 49.9 Å². The molecule has 0 unspecified atom stereocenters. The van der Waals surface area contributed by atoms with E-state index in [1.165, 1.54) is 14.0 Å². The molecule has 61 heavy (non-hydrogen) atoms. The fourth-order valence-corrected chi connectivity index (χ4v) is 7.66. The van der Waals surface area contributed by atoms with Crippen molar-refractivity contribution in [2.75, 3.05) is 20.2 Å². The molecule has 15 atom stereocenters. The molecular formula is C37H55N7O17. The Kier molecular flexibility index (Phi) is 16.1. The summed E-state index contributed by atoms with van der Waals surface area (Å²) in [5.74, 6) is -11.9. The zero-order valence-electron chi connectivity index (χ0n) is 33.5. The summed E-state index contributed by atoms with van der Waals surface area (Å²) in [5, 5.41) is 104. The van der Waals surface area contributed by atoms with Gasteiger partial charge in [-0.2, -0.15) is 0 Å². The predicted octanol–water partition coefficient (Wildman–Crippen LogP) is -7.35. The molecule has 1 aromatic rings. The Balaban J connectivity index is 1.86. The number of phenolic OH excluding ortho intramolecular Hbond substituents is 1. The molecule has 0 aromatic heterocycles. The number of nitrogens with one attached hydrogen (secondary N) is 3. The lowest BCUT2D eigenvalue weighted by molar-refractivity contribution is -0.151. The highest BCUT2D eigenvalue weighted by Gasteiger charge is 2.50. The van der Waals surface area contributed by atoms with Crippen LogP contribution in [0.25, 0.3) is 0 Å². The van der Waals surface area contributed by atoms with Gasteiger partial charge in [0.25, 0.3) is 0 Å². The molecule has 3 fully saturated rings. The highest BCUT2D eigenvalue weighted by Crippen LogP contribution is 2.33. The van der Waals surface area contributed by atoms with E-state index in [2.05, 4.69) is 10.6 Å². The Hall–Kier alpha value is -5.05. The van der Waals surface area contributed by atoms with E-state index < -0.39 is 171 Å². The van der Waals surface area contributed by atoms with Gasteiger partial charge in [-0.05, 0) is 24.6 Å². The molecule has 0 saturated carbocycles. The van der Waals surface area contributed by atoms with Crippen molar-refractivity contribution in [1.29, 1.82) is 0 Å². The molecule has 16 N–H and O–H groups in total. The van der Waals surface area contributed by atoms with Crippen LogP contribution in [0.3, 0.4) is 0 Å². The van der Waals surface area contributed by atoms with Crippen LogP contribution in [0.15, 0.2) is 18.2 Å². The van der Waals surface area contributed by atoms with Gasteiger partial charge in [-0.25, -0.2) is 0 Å². The van der Waals surface area contributed by atoms with Gasteiger partial charge in [0, 0.05) is 38.3 Å². The molecule has 4 rings (SSSR count). The number of phenols is 1. The molecule has 3 aliphatic rings. The van der Waals surface area contributed by atoms with Crippen molar-refractivity contribution in [2.24, 2.45) is 23.3 Å². The summed E-state index contributed by atoms with van der Waals surface area (Å²) in [7, 11) is 1.18. The fraction of sp³-hybridized carbons (Fsp3) is 0.649. The van der Waals surface area contributed by atoms with Crippen LogP contribution < -0.4 is 32.2 Å². The predicted molar refractivity (Wildman–Crippen MR) is 204 cm³/mol. The van der Waals surface area contributed by atoms with Crippen LogP contribution in [0, 0.1) is 11.8 Å². The lowest BCUT2D eigenvalue weighted by Gasteiger charge is -2.34. The lowest BCUT2D eigenvalue weighted by Crippen LogP contribution is -2.61. The number of ether oxygens (including phenoxy) is 1. The van der Waals surface area contributed by atoms with Gasteiger partial charge in [0.1, 0.15) is 42.5 Å². The van der Waals surface area contributed by atoms with Crippen LogP contribution in [-0.2, 0) is 33.6 Å². The maximum atomic E-state index is 14.4. The molecule has 3 saturated heterocycles. The van der Waals surface area contributed by atoms with E-state index in [-0.39, 0.29) is 17.1 Å². The number of amides is 6. The van der Waals surface area contributed by atoms with Gasteiger partial charge in [0.15, 0.2) is 23.5 Å². The number of fused-ring (bicyclic) bond motifs is 2.